The van der Waals surface area contributed by atoms with Crippen LogP contribution in [-0.2, 0) is 4.74 Å². The van der Waals surface area contributed by atoms with Crippen LogP contribution in [-0.4, -0.2) is 63.8 Å². The van der Waals surface area contributed by atoms with Crippen molar-refractivity contribution < 1.29 is 4.74 Å². The molecule has 0 unspecified atom stereocenters. The Labute approximate surface area is 166 Å². The monoisotopic (exact) mass is 454 g/mol. The fourth-order valence-electron chi connectivity index (χ4n) is 2.89. The van der Waals surface area contributed by atoms with Gasteiger partial charge < -0.3 is 20.3 Å². The minimum Gasteiger partial charge on any atom is -0.383 e. The van der Waals surface area contributed by atoms with Crippen LogP contribution in [0.1, 0.15) is 46.5 Å². The third-order valence-electron chi connectivity index (χ3n) is 4.42. The predicted octanol–water partition coefficient (Wildman–Crippen LogP) is 2.95. The first-order valence-electron chi connectivity index (χ1n) is 9.39. The van der Waals surface area contributed by atoms with E-state index in [0.717, 1.165) is 50.6 Å². The lowest BCUT2D eigenvalue weighted by molar-refractivity contribution is 0.121. The number of nitrogens with zero attached hydrogens (tertiary/aromatic N) is 2. The van der Waals surface area contributed by atoms with Gasteiger partial charge in [-0.05, 0) is 57.5 Å². The number of likely N-dealkylation sites (tertiary alicyclic amines) is 1. The summed E-state index contributed by atoms with van der Waals surface area (Å²) in [6.07, 6.45) is 4.98. The molecular weight excluding hydrogens is 415 g/mol. The lowest BCUT2D eigenvalue weighted by Crippen LogP contribution is -2.39. The van der Waals surface area contributed by atoms with Crippen molar-refractivity contribution in [1.29, 1.82) is 0 Å². The fourth-order valence-corrected chi connectivity index (χ4v) is 2.89. The first-order chi connectivity index (χ1) is 11.2. The summed E-state index contributed by atoms with van der Waals surface area (Å²) in [6.45, 7) is 13.8. The van der Waals surface area contributed by atoms with Crippen LogP contribution < -0.4 is 10.6 Å². The predicted molar refractivity (Wildman–Crippen MR) is 115 cm³/mol. The number of guanidine groups is 1. The summed E-state index contributed by atoms with van der Waals surface area (Å²) in [5.41, 5.74) is 0. The van der Waals surface area contributed by atoms with Crippen LogP contribution in [0.25, 0.3) is 0 Å². The fraction of sp³-hybridized carbons (Fsp3) is 0.944. The maximum Gasteiger partial charge on any atom is 0.191 e. The highest BCUT2D eigenvalue weighted by molar-refractivity contribution is 14.0. The number of aliphatic imine (C=N–C) groups is 1. The average Bonchev–Trinajstić information content (AvgIpc) is 2.55. The molecule has 0 atom stereocenters. The zero-order chi connectivity index (χ0) is 16.9. The maximum atomic E-state index is 5.16. The van der Waals surface area contributed by atoms with Gasteiger partial charge in [0.05, 0.1) is 6.61 Å². The van der Waals surface area contributed by atoms with Gasteiger partial charge in [-0.2, -0.15) is 0 Å². The Kier molecular flexibility index (Phi) is 15.1. The Balaban J connectivity index is 0.00000529. The molecule has 1 aliphatic heterocycles. The molecule has 1 saturated heterocycles. The van der Waals surface area contributed by atoms with Crippen LogP contribution >= 0.6 is 24.0 Å². The third kappa shape index (κ3) is 11.5. The van der Waals surface area contributed by atoms with Crippen molar-refractivity contribution in [3.63, 3.8) is 0 Å². The quantitative estimate of drug-likeness (QED) is 0.231. The molecule has 0 radical (unpaired) electrons. The zero-order valence-corrected chi connectivity index (χ0v) is 18.5. The third-order valence-corrected chi connectivity index (χ3v) is 4.42. The van der Waals surface area contributed by atoms with E-state index in [4.69, 9.17) is 9.73 Å². The van der Waals surface area contributed by atoms with E-state index >= 15 is 0 Å². The normalized spacial score (nSPS) is 17.0. The summed E-state index contributed by atoms with van der Waals surface area (Å²) in [7, 11) is 1.78. The zero-order valence-electron chi connectivity index (χ0n) is 16.1. The van der Waals surface area contributed by atoms with E-state index in [1.54, 1.807) is 7.11 Å². The van der Waals surface area contributed by atoms with Gasteiger partial charge in [0, 0.05) is 33.3 Å². The van der Waals surface area contributed by atoms with E-state index in [9.17, 15) is 0 Å². The van der Waals surface area contributed by atoms with Gasteiger partial charge in [0.1, 0.15) is 0 Å². The molecule has 0 aromatic heterocycles. The molecule has 0 bridgehead atoms. The highest BCUT2D eigenvalue weighted by atomic mass is 127. The lowest BCUT2D eigenvalue weighted by Gasteiger charge is -2.31. The molecule has 0 aromatic rings. The first kappa shape index (κ1) is 23.9. The molecule has 1 rings (SSSR count). The van der Waals surface area contributed by atoms with Crippen LogP contribution in [0.3, 0.4) is 0 Å². The van der Waals surface area contributed by atoms with Crippen LogP contribution in [0.2, 0.25) is 0 Å². The minimum absolute atomic E-state index is 0. The Bertz CT molecular complexity index is 318. The molecule has 1 aliphatic rings. The van der Waals surface area contributed by atoms with E-state index in [1.807, 2.05) is 0 Å². The number of hydrogen-bond donors (Lipinski definition) is 2. The van der Waals surface area contributed by atoms with Gasteiger partial charge in [-0.3, -0.25) is 4.99 Å². The van der Waals surface area contributed by atoms with E-state index in [2.05, 4.69) is 36.3 Å². The summed E-state index contributed by atoms with van der Waals surface area (Å²) in [6, 6.07) is 0. The maximum absolute atomic E-state index is 5.16. The molecule has 0 amide bonds. The van der Waals surface area contributed by atoms with Crippen molar-refractivity contribution in [2.75, 3.05) is 53.0 Å². The van der Waals surface area contributed by atoms with Crippen molar-refractivity contribution in [2.45, 2.75) is 46.5 Å². The molecule has 2 N–H and O–H groups in total. The van der Waals surface area contributed by atoms with Gasteiger partial charge in [-0.15, -0.1) is 24.0 Å². The van der Waals surface area contributed by atoms with Crippen molar-refractivity contribution in [1.82, 2.24) is 15.5 Å². The molecule has 5 nitrogen and oxygen atoms in total. The van der Waals surface area contributed by atoms with Gasteiger partial charge in [0.2, 0.25) is 0 Å². The standard InChI is InChI=1S/C18H38N4O.HI/c1-5-19-18(20-10-6-7-16(2)3)21-15-17-8-11-22(12-9-17)13-14-23-4;/h16-17H,5-15H2,1-4H3,(H2,19,20,21);1H. The summed E-state index contributed by atoms with van der Waals surface area (Å²) in [5.74, 6) is 2.48. The van der Waals surface area contributed by atoms with Gasteiger partial charge in [0.25, 0.3) is 0 Å². The Hall–Kier alpha value is -0.0800. The number of nitrogens with one attached hydrogen (secondary N) is 2. The molecule has 0 aromatic carbocycles. The van der Waals surface area contributed by atoms with Crippen LogP contribution in [0.4, 0.5) is 0 Å². The van der Waals surface area contributed by atoms with Crippen molar-refractivity contribution in [2.24, 2.45) is 16.8 Å². The van der Waals surface area contributed by atoms with Gasteiger partial charge in [-0.25, -0.2) is 0 Å². The van der Waals surface area contributed by atoms with Crippen molar-refractivity contribution >= 4 is 29.9 Å². The topological polar surface area (TPSA) is 48.9 Å². The average molecular weight is 454 g/mol. The van der Waals surface area contributed by atoms with Crippen LogP contribution in [0.5, 0.6) is 0 Å². The second-order valence-corrected chi connectivity index (χ2v) is 6.96. The van der Waals surface area contributed by atoms with Crippen LogP contribution in [0.15, 0.2) is 4.99 Å². The smallest absolute Gasteiger partial charge is 0.191 e. The van der Waals surface area contributed by atoms with E-state index in [0.29, 0.717) is 0 Å². The molecule has 1 fully saturated rings. The van der Waals surface area contributed by atoms with E-state index in [1.165, 1.54) is 38.8 Å². The van der Waals surface area contributed by atoms with Crippen LogP contribution in [0, 0.1) is 11.8 Å². The van der Waals surface area contributed by atoms with Gasteiger partial charge in [-0.1, -0.05) is 13.8 Å². The Morgan fingerprint density at radius 3 is 2.54 bits per heavy atom. The van der Waals surface area contributed by atoms with E-state index in [-0.39, 0.29) is 24.0 Å². The molecule has 0 saturated carbocycles. The Morgan fingerprint density at radius 2 is 1.96 bits per heavy atom. The molecule has 0 spiro atoms. The largest absolute Gasteiger partial charge is 0.383 e. The van der Waals surface area contributed by atoms with Crippen molar-refractivity contribution in [3.8, 4) is 0 Å². The number of hydrogen-bond acceptors (Lipinski definition) is 3. The highest BCUT2D eigenvalue weighted by Gasteiger charge is 2.18. The van der Waals surface area contributed by atoms with Crippen molar-refractivity contribution in [3.05, 3.63) is 0 Å². The molecule has 1 heterocycles. The molecule has 6 heteroatoms. The number of methoxy groups -OCH3 is 1. The van der Waals surface area contributed by atoms with Gasteiger partial charge in [0.15, 0.2) is 5.96 Å². The lowest BCUT2D eigenvalue weighted by atomic mass is 9.97. The van der Waals surface area contributed by atoms with Gasteiger partial charge >= 0.3 is 0 Å². The molecule has 0 aliphatic carbocycles. The SMILES string of the molecule is CCNC(=NCC1CCN(CCOC)CC1)NCCCC(C)C.I. The summed E-state index contributed by atoms with van der Waals surface area (Å²) >= 11 is 0. The second-order valence-electron chi connectivity index (χ2n) is 6.96. The summed E-state index contributed by atoms with van der Waals surface area (Å²) in [4.78, 5) is 7.29. The molecular formula is C18H39IN4O. The number of ether oxygens (including phenoxy) is 1. The molecule has 24 heavy (non-hydrogen) atoms. The molecule has 144 valence electrons. The highest BCUT2D eigenvalue weighted by Crippen LogP contribution is 2.17. The minimum atomic E-state index is 0. The number of rotatable bonds is 10. The summed E-state index contributed by atoms with van der Waals surface area (Å²) < 4.78 is 5.16. The summed E-state index contributed by atoms with van der Waals surface area (Å²) in [5, 5.41) is 6.82. The number of piperidine rings is 1. The second kappa shape index (κ2) is 15.2. The number of halogens is 1. The first-order valence-corrected chi connectivity index (χ1v) is 9.39. The van der Waals surface area contributed by atoms with E-state index < -0.39 is 0 Å². The Morgan fingerprint density at radius 1 is 1.25 bits per heavy atom.